The SMILES string of the molecule is Nc1noc(C2COCCN2)n1. The summed E-state index contributed by atoms with van der Waals surface area (Å²) in [4.78, 5) is 3.89. The van der Waals surface area contributed by atoms with Crippen molar-refractivity contribution in [3.05, 3.63) is 5.89 Å². The fourth-order valence-electron chi connectivity index (χ4n) is 1.11. The van der Waals surface area contributed by atoms with Gasteiger partial charge in [-0.25, -0.2) is 0 Å². The van der Waals surface area contributed by atoms with Crippen molar-refractivity contribution in [3.8, 4) is 0 Å². The van der Waals surface area contributed by atoms with Crippen LogP contribution in [-0.4, -0.2) is 29.9 Å². The highest BCUT2D eigenvalue weighted by molar-refractivity contribution is 5.12. The molecule has 12 heavy (non-hydrogen) atoms. The largest absolute Gasteiger partial charge is 0.378 e. The Bertz CT molecular complexity index is 256. The van der Waals surface area contributed by atoms with Crippen LogP contribution in [0.25, 0.3) is 0 Å². The number of rotatable bonds is 1. The van der Waals surface area contributed by atoms with Gasteiger partial charge in [0.1, 0.15) is 6.04 Å². The van der Waals surface area contributed by atoms with Crippen LogP contribution in [0.2, 0.25) is 0 Å². The van der Waals surface area contributed by atoms with E-state index in [4.69, 9.17) is 15.0 Å². The Kier molecular flexibility index (Phi) is 1.92. The first-order valence-electron chi connectivity index (χ1n) is 3.76. The number of nitrogens with two attached hydrogens (primary N) is 1. The second kappa shape index (κ2) is 3.08. The Hall–Kier alpha value is -1.14. The molecule has 1 unspecified atom stereocenters. The Balaban J connectivity index is 2.08. The van der Waals surface area contributed by atoms with Crippen LogP contribution in [0.15, 0.2) is 4.52 Å². The summed E-state index contributed by atoms with van der Waals surface area (Å²) in [5, 5.41) is 6.66. The normalized spacial score (nSPS) is 24.2. The topological polar surface area (TPSA) is 86.2 Å². The molecule has 6 nitrogen and oxygen atoms in total. The molecule has 0 amide bonds. The molecule has 0 radical (unpaired) electrons. The molecule has 1 fully saturated rings. The van der Waals surface area contributed by atoms with Crippen molar-refractivity contribution in [3.63, 3.8) is 0 Å². The van der Waals surface area contributed by atoms with Crippen LogP contribution in [-0.2, 0) is 4.74 Å². The van der Waals surface area contributed by atoms with Crippen molar-refractivity contribution in [2.75, 3.05) is 25.5 Å². The van der Waals surface area contributed by atoms with Crippen LogP contribution in [0.1, 0.15) is 11.9 Å². The number of morpholine rings is 1. The minimum absolute atomic E-state index is 0.0106. The first-order chi connectivity index (χ1) is 5.86. The summed E-state index contributed by atoms with van der Waals surface area (Å²) in [6.07, 6.45) is 0. The van der Waals surface area contributed by atoms with E-state index in [1.807, 2.05) is 0 Å². The smallest absolute Gasteiger partial charge is 0.260 e. The summed E-state index contributed by atoms with van der Waals surface area (Å²) >= 11 is 0. The summed E-state index contributed by atoms with van der Waals surface area (Å²) < 4.78 is 10.1. The molecule has 1 saturated heterocycles. The fraction of sp³-hybridized carbons (Fsp3) is 0.667. The number of nitrogen functional groups attached to an aromatic ring is 1. The second-order valence-corrected chi connectivity index (χ2v) is 2.57. The van der Waals surface area contributed by atoms with Gasteiger partial charge in [0.15, 0.2) is 0 Å². The van der Waals surface area contributed by atoms with Gasteiger partial charge >= 0.3 is 0 Å². The highest BCUT2D eigenvalue weighted by atomic mass is 16.5. The zero-order valence-electron chi connectivity index (χ0n) is 6.49. The van der Waals surface area contributed by atoms with E-state index in [9.17, 15) is 0 Å². The third-order valence-electron chi connectivity index (χ3n) is 1.68. The molecule has 0 aliphatic carbocycles. The maximum absolute atomic E-state index is 5.30. The molecule has 2 rings (SSSR count). The Morgan fingerprint density at radius 1 is 1.58 bits per heavy atom. The first-order valence-corrected chi connectivity index (χ1v) is 3.76. The standard InChI is InChI=1S/C6H10N4O2/c7-6-9-5(12-10-6)4-3-11-2-1-8-4/h4,8H,1-3H2,(H2,7,10). The molecule has 2 heterocycles. The predicted molar refractivity (Wildman–Crippen MR) is 40.3 cm³/mol. The molecule has 1 aromatic rings. The van der Waals surface area contributed by atoms with Crippen molar-refractivity contribution in [2.24, 2.45) is 0 Å². The van der Waals surface area contributed by atoms with E-state index in [0.717, 1.165) is 13.2 Å². The summed E-state index contributed by atoms with van der Waals surface area (Å²) in [5.74, 6) is 0.657. The van der Waals surface area contributed by atoms with Crippen molar-refractivity contribution in [2.45, 2.75) is 6.04 Å². The molecule has 1 aliphatic rings. The van der Waals surface area contributed by atoms with Crippen molar-refractivity contribution in [1.82, 2.24) is 15.5 Å². The highest BCUT2D eigenvalue weighted by Gasteiger charge is 2.20. The van der Waals surface area contributed by atoms with E-state index in [0.29, 0.717) is 12.5 Å². The number of ether oxygens (including phenoxy) is 1. The number of nitrogens with one attached hydrogen (secondary N) is 1. The summed E-state index contributed by atoms with van der Waals surface area (Å²) in [6, 6.07) is -0.0106. The third kappa shape index (κ3) is 1.39. The predicted octanol–water partition coefficient (Wildman–Crippen LogP) is -0.687. The molecule has 66 valence electrons. The molecule has 0 spiro atoms. The average Bonchev–Trinajstić information content (AvgIpc) is 2.54. The monoisotopic (exact) mass is 170 g/mol. The van der Waals surface area contributed by atoms with E-state index < -0.39 is 0 Å². The van der Waals surface area contributed by atoms with Crippen molar-refractivity contribution >= 4 is 5.95 Å². The van der Waals surface area contributed by atoms with E-state index in [2.05, 4.69) is 15.5 Å². The molecular formula is C6H10N4O2. The molecule has 0 aromatic carbocycles. The number of nitrogens with zero attached hydrogens (tertiary/aromatic N) is 2. The summed E-state index contributed by atoms with van der Waals surface area (Å²) in [6.45, 7) is 2.08. The molecule has 1 atom stereocenters. The molecule has 0 bridgehead atoms. The molecule has 1 aliphatic heterocycles. The van der Waals surface area contributed by atoms with Crippen LogP contribution in [0.4, 0.5) is 5.95 Å². The number of anilines is 1. The van der Waals surface area contributed by atoms with E-state index in [-0.39, 0.29) is 12.0 Å². The van der Waals surface area contributed by atoms with Crippen LogP contribution < -0.4 is 11.1 Å². The lowest BCUT2D eigenvalue weighted by Gasteiger charge is -2.19. The van der Waals surface area contributed by atoms with Gasteiger partial charge in [0, 0.05) is 6.54 Å². The van der Waals surface area contributed by atoms with E-state index in [1.165, 1.54) is 0 Å². The molecular weight excluding hydrogens is 160 g/mol. The fourth-order valence-corrected chi connectivity index (χ4v) is 1.11. The number of aromatic nitrogens is 2. The number of hydrogen-bond donors (Lipinski definition) is 2. The molecule has 0 saturated carbocycles. The zero-order chi connectivity index (χ0) is 8.39. The van der Waals surface area contributed by atoms with Crippen LogP contribution >= 0.6 is 0 Å². The summed E-state index contributed by atoms with van der Waals surface area (Å²) in [7, 11) is 0. The van der Waals surface area contributed by atoms with Gasteiger partial charge in [-0.15, -0.1) is 0 Å². The van der Waals surface area contributed by atoms with Crippen LogP contribution in [0.5, 0.6) is 0 Å². The Morgan fingerprint density at radius 3 is 3.08 bits per heavy atom. The lowest BCUT2D eigenvalue weighted by Crippen LogP contribution is -2.34. The highest BCUT2D eigenvalue weighted by Crippen LogP contribution is 2.13. The maximum atomic E-state index is 5.30. The lowest BCUT2D eigenvalue weighted by atomic mass is 10.3. The van der Waals surface area contributed by atoms with Gasteiger partial charge in [-0.3, -0.25) is 0 Å². The van der Waals surface area contributed by atoms with Crippen molar-refractivity contribution in [1.29, 1.82) is 0 Å². The van der Waals surface area contributed by atoms with Gasteiger partial charge in [-0.1, -0.05) is 0 Å². The molecule has 1 aromatic heterocycles. The van der Waals surface area contributed by atoms with E-state index in [1.54, 1.807) is 0 Å². The van der Waals surface area contributed by atoms with Crippen LogP contribution in [0, 0.1) is 0 Å². The second-order valence-electron chi connectivity index (χ2n) is 2.57. The molecule has 6 heteroatoms. The minimum atomic E-state index is -0.0106. The van der Waals surface area contributed by atoms with Gasteiger partial charge in [-0.2, -0.15) is 4.98 Å². The Morgan fingerprint density at radius 2 is 2.50 bits per heavy atom. The first kappa shape index (κ1) is 7.51. The van der Waals surface area contributed by atoms with Gasteiger partial charge < -0.3 is 20.3 Å². The quantitative estimate of drug-likeness (QED) is 0.580. The average molecular weight is 170 g/mol. The zero-order valence-corrected chi connectivity index (χ0v) is 6.49. The summed E-state index contributed by atoms with van der Waals surface area (Å²) in [5.41, 5.74) is 5.30. The van der Waals surface area contributed by atoms with Gasteiger partial charge in [-0.05, 0) is 5.16 Å². The number of hydrogen-bond acceptors (Lipinski definition) is 6. The van der Waals surface area contributed by atoms with Gasteiger partial charge in [0.05, 0.1) is 13.2 Å². The maximum Gasteiger partial charge on any atom is 0.260 e. The van der Waals surface area contributed by atoms with Crippen LogP contribution in [0.3, 0.4) is 0 Å². The van der Waals surface area contributed by atoms with E-state index >= 15 is 0 Å². The van der Waals surface area contributed by atoms with Crippen molar-refractivity contribution < 1.29 is 9.26 Å². The van der Waals surface area contributed by atoms with Gasteiger partial charge in [0.2, 0.25) is 5.89 Å². The Labute approximate surface area is 69.1 Å². The lowest BCUT2D eigenvalue weighted by molar-refractivity contribution is 0.0659. The molecule has 3 N–H and O–H groups in total. The van der Waals surface area contributed by atoms with Gasteiger partial charge in [0.25, 0.3) is 5.95 Å². The third-order valence-corrected chi connectivity index (χ3v) is 1.68. The minimum Gasteiger partial charge on any atom is -0.378 e.